The molecule has 20 heavy (non-hydrogen) atoms. The Kier molecular flexibility index (Phi) is 2.99. The lowest BCUT2D eigenvalue weighted by atomic mass is 10.1. The molecule has 0 amide bonds. The first-order valence-electron chi connectivity index (χ1n) is 5.82. The molecule has 1 N–H and O–H groups in total. The molecule has 0 spiro atoms. The molecule has 0 fully saturated rings. The maximum atomic E-state index is 10.9. The summed E-state index contributed by atoms with van der Waals surface area (Å²) >= 11 is 0. The molecule has 3 rings (SSSR count). The SMILES string of the molecule is CCOc1ccc(-c2nonc2-[n+]2noc(=O)[nH]2)cc1. The minimum atomic E-state index is -0.703. The molecule has 2 heterocycles. The molecule has 0 aliphatic carbocycles. The molecule has 0 saturated heterocycles. The third kappa shape index (κ3) is 2.16. The van der Waals surface area contributed by atoms with Crippen LogP contribution in [0.5, 0.6) is 5.75 Å². The van der Waals surface area contributed by atoms with Crippen LogP contribution in [0.4, 0.5) is 0 Å². The highest BCUT2D eigenvalue weighted by Gasteiger charge is 2.27. The van der Waals surface area contributed by atoms with Crippen LogP contribution in [0, 0.1) is 0 Å². The molecule has 1 aromatic carbocycles. The van der Waals surface area contributed by atoms with E-state index in [9.17, 15) is 4.79 Å². The van der Waals surface area contributed by atoms with E-state index in [-0.39, 0.29) is 5.82 Å². The third-order valence-electron chi connectivity index (χ3n) is 2.51. The molecule has 102 valence electrons. The van der Waals surface area contributed by atoms with Gasteiger partial charge in [0.05, 0.1) is 6.61 Å². The van der Waals surface area contributed by atoms with Crippen LogP contribution in [0.2, 0.25) is 0 Å². The van der Waals surface area contributed by atoms with Gasteiger partial charge in [0.2, 0.25) is 5.69 Å². The Hall–Kier alpha value is -2.97. The van der Waals surface area contributed by atoms with Gasteiger partial charge >= 0.3 is 11.6 Å². The van der Waals surface area contributed by atoms with Crippen LogP contribution in [0.1, 0.15) is 6.92 Å². The van der Waals surface area contributed by atoms with Crippen molar-refractivity contribution >= 4 is 0 Å². The smallest absolute Gasteiger partial charge is 0.473 e. The largest absolute Gasteiger partial charge is 0.494 e. The summed E-state index contributed by atoms with van der Waals surface area (Å²) < 4.78 is 14.4. The molecule has 0 radical (unpaired) electrons. The van der Waals surface area contributed by atoms with E-state index in [2.05, 4.69) is 29.8 Å². The van der Waals surface area contributed by atoms with E-state index in [0.29, 0.717) is 12.3 Å². The summed E-state index contributed by atoms with van der Waals surface area (Å²) in [5.41, 5.74) is 1.16. The lowest BCUT2D eigenvalue weighted by Gasteiger charge is -2.02. The zero-order valence-corrected chi connectivity index (χ0v) is 10.4. The minimum Gasteiger partial charge on any atom is -0.494 e. The lowest BCUT2D eigenvalue weighted by molar-refractivity contribution is -0.728. The van der Waals surface area contributed by atoms with Gasteiger partial charge < -0.3 is 4.74 Å². The fourth-order valence-electron chi connectivity index (χ4n) is 1.68. The topological polar surface area (TPSA) is 111 Å². The second kappa shape index (κ2) is 4.96. The van der Waals surface area contributed by atoms with E-state index in [1.807, 2.05) is 6.92 Å². The summed E-state index contributed by atoms with van der Waals surface area (Å²) in [6, 6.07) is 7.19. The van der Waals surface area contributed by atoms with Crippen molar-refractivity contribution in [3.8, 4) is 22.8 Å². The number of H-pyrrole nitrogens is 1. The zero-order chi connectivity index (χ0) is 13.9. The minimum absolute atomic E-state index is 0.222. The first kappa shape index (κ1) is 12.1. The van der Waals surface area contributed by atoms with Crippen molar-refractivity contribution in [2.75, 3.05) is 6.61 Å². The molecule has 0 unspecified atom stereocenters. The van der Waals surface area contributed by atoms with Gasteiger partial charge in [0.1, 0.15) is 11.0 Å². The Morgan fingerprint density at radius 1 is 1.30 bits per heavy atom. The second-order valence-electron chi connectivity index (χ2n) is 3.78. The molecular weight excluding hydrogens is 266 g/mol. The van der Waals surface area contributed by atoms with E-state index in [1.54, 1.807) is 24.3 Å². The maximum Gasteiger partial charge on any atom is 0.473 e. The standard InChI is InChI=1S/C11H9N5O4/c1-2-18-8-5-3-7(4-6-8)9-10(14-20-13-9)16-12-11(17)19-15-16/h3-6H,2H2,1H3/p+1. The molecule has 0 saturated carbocycles. The van der Waals surface area contributed by atoms with E-state index in [0.717, 1.165) is 16.1 Å². The van der Waals surface area contributed by atoms with Crippen LogP contribution in [-0.4, -0.2) is 27.3 Å². The first-order chi connectivity index (χ1) is 9.78. The third-order valence-corrected chi connectivity index (χ3v) is 2.51. The fraction of sp³-hybridized carbons (Fsp3) is 0.182. The number of benzene rings is 1. The van der Waals surface area contributed by atoms with Gasteiger partial charge in [-0.15, -0.1) is 9.73 Å². The van der Waals surface area contributed by atoms with Crippen molar-refractivity contribution in [2.45, 2.75) is 6.92 Å². The molecular formula is C11H10N5O4+. The van der Waals surface area contributed by atoms with Gasteiger partial charge in [0, 0.05) is 10.4 Å². The van der Waals surface area contributed by atoms with Crippen LogP contribution in [0.3, 0.4) is 0 Å². The number of aromatic amines is 1. The van der Waals surface area contributed by atoms with Gasteiger partial charge in [-0.3, -0.25) is 4.52 Å². The number of hydrogen-bond donors (Lipinski definition) is 1. The van der Waals surface area contributed by atoms with E-state index < -0.39 is 5.76 Å². The average molecular weight is 276 g/mol. The number of nitrogens with one attached hydrogen (secondary N) is 1. The summed E-state index contributed by atoms with van der Waals surface area (Å²) in [7, 11) is 0. The monoisotopic (exact) mass is 276 g/mol. The van der Waals surface area contributed by atoms with Crippen LogP contribution < -0.4 is 15.3 Å². The summed E-state index contributed by atoms with van der Waals surface area (Å²) in [4.78, 5) is 12.0. The lowest BCUT2D eigenvalue weighted by Crippen LogP contribution is -2.38. The van der Waals surface area contributed by atoms with Crippen LogP contribution >= 0.6 is 0 Å². The molecule has 0 bridgehead atoms. The van der Waals surface area contributed by atoms with Crippen molar-refractivity contribution in [1.82, 2.24) is 20.7 Å². The van der Waals surface area contributed by atoms with Crippen LogP contribution in [-0.2, 0) is 0 Å². The highest BCUT2D eigenvalue weighted by molar-refractivity contribution is 5.64. The predicted octanol–water partition coefficient (Wildman–Crippen LogP) is 0.0883. The fourth-order valence-corrected chi connectivity index (χ4v) is 1.68. The van der Waals surface area contributed by atoms with Gasteiger partial charge in [-0.1, -0.05) is 0 Å². The average Bonchev–Trinajstić information content (AvgIpc) is 3.08. The van der Waals surface area contributed by atoms with Crippen LogP contribution in [0.25, 0.3) is 17.1 Å². The molecule has 0 atom stereocenters. The number of nitrogens with zero attached hydrogens (tertiary/aromatic N) is 4. The summed E-state index contributed by atoms with van der Waals surface area (Å²) in [5.74, 6) is 0.266. The van der Waals surface area contributed by atoms with E-state index >= 15 is 0 Å². The van der Waals surface area contributed by atoms with Crippen molar-refractivity contribution < 1.29 is 18.7 Å². The quantitative estimate of drug-likeness (QED) is 0.672. The van der Waals surface area contributed by atoms with Crippen LogP contribution in [0.15, 0.2) is 38.2 Å². The van der Waals surface area contributed by atoms with Gasteiger partial charge in [0.25, 0.3) is 0 Å². The molecule has 0 aliphatic heterocycles. The number of rotatable bonds is 4. The molecule has 9 heteroatoms. The molecule has 0 aliphatic rings. The van der Waals surface area contributed by atoms with Gasteiger partial charge in [0.15, 0.2) is 5.16 Å². The maximum absolute atomic E-state index is 10.9. The normalized spacial score (nSPS) is 10.7. The highest BCUT2D eigenvalue weighted by Crippen LogP contribution is 2.22. The van der Waals surface area contributed by atoms with E-state index in [4.69, 9.17) is 4.74 Å². The number of hydrogen-bond acceptors (Lipinski definition) is 7. The Balaban J connectivity index is 1.99. The Morgan fingerprint density at radius 3 is 2.75 bits per heavy atom. The Bertz CT molecular complexity index is 757. The molecule has 3 aromatic rings. The summed E-state index contributed by atoms with van der Waals surface area (Å²) in [6.45, 7) is 2.50. The zero-order valence-electron chi connectivity index (χ0n) is 10.4. The summed E-state index contributed by atoms with van der Waals surface area (Å²) in [6.07, 6.45) is 0. The van der Waals surface area contributed by atoms with Crippen molar-refractivity contribution in [1.29, 1.82) is 0 Å². The second-order valence-corrected chi connectivity index (χ2v) is 3.78. The predicted molar refractivity (Wildman–Crippen MR) is 63.1 cm³/mol. The Labute approximate surface area is 111 Å². The number of ether oxygens (including phenoxy) is 1. The van der Waals surface area contributed by atoms with Gasteiger partial charge in [-0.25, -0.2) is 4.79 Å². The number of aromatic nitrogens is 5. The molecule has 2 aromatic heterocycles. The first-order valence-corrected chi connectivity index (χ1v) is 5.82. The van der Waals surface area contributed by atoms with Gasteiger partial charge in [-0.2, -0.15) is 0 Å². The van der Waals surface area contributed by atoms with E-state index in [1.165, 1.54) is 0 Å². The Morgan fingerprint density at radius 2 is 2.10 bits per heavy atom. The van der Waals surface area contributed by atoms with Crippen molar-refractivity contribution in [3.05, 3.63) is 34.8 Å². The van der Waals surface area contributed by atoms with Crippen molar-refractivity contribution in [2.24, 2.45) is 0 Å². The highest BCUT2D eigenvalue weighted by atomic mass is 16.6. The van der Waals surface area contributed by atoms with Crippen molar-refractivity contribution in [3.63, 3.8) is 0 Å². The summed E-state index contributed by atoms with van der Waals surface area (Å²) in [5, 5.41) is 13.3. The van der Waals surface area contributed by atoms with Gasteiger partial charge in [-0.05, 0) is 36.3 Å². The molecule has 9 nitrogen and oxygen atoms in total.